The second-order valence-corrected chi connectivity index (χ2v) is 10.5. The molecule has 32 heavy (non-hydrogen) atoms. The predicted molar refractivity (Wildman–Crippen MR) is 148 cm³/mol. The molecular weight excluding hydrogens is 431 g/mol. The molecule has 0 aromatic heterocycles. The first-order chi connectivity index (χ1) is 15.9. The molecule has 0 bridgehead atoms. The van der Waals surface area contributed by atoms with Crippen LogP contribution in [0.1, 0.15) is 140 Å². The summed E-state index contributed by atoms with van der Waals surface area (Å²) in [6.45, 7) is 0. The molecule has 0 nitrogen and oxygen atoms in total. The summed E-state index contributed by atoms with van der Waals surface area (Å²) in [5, 5.41) is 0. The Labute approximate surface area is 211 Å². The van der Waals surface area contributed by atoms with Gasteiger partial charge in [0, 0.05) is 11.8 Å². The van der Waals surface area contributed by atoms with Gasteiger partial charge in [-0.05, 0) is 49.7 Å². The molecule has 2 heteroatoms. The van der Waals surface area contributed by atoms with Gasteiger partial charge < -0.3 is 0 Å². The largest absolute Gasteiger partial charge is 0.127 e. The maximum atomic E-state index is 5.72. The Morgan fingerprint density at radius 2 is 0.531 bits per heavy atom. The first kappa shape index (κ1) is 29.8. The van der Waals surface area contributed by atoms with Gasteiger partial charge in [0.25, 0.3) is 0 Å². The Morgan fingerprint density at radius 1 is 0.312 bits per heavy atom. The molecule has 0 atom stereocenters. The van der Waals surface area contributed by atoms with E-state index in [1.165, 1.54) is 152 Å². The Bertz CT molecular complexity index is 437. The highest BCUT2D eigenvalue weighted by molar-refractivity contribution is 6.18. The van der Waals surface area contributed by atoms with Crippen LogP contribution in [0.5, 0.6) is 0 Å². The fraction of sp³-hybridized carbons (Fsp3) is 0.800. The summed E-state index contributed by atoms with van der Waals surface area (Å²) >= 11 is 11.4. The van der Waals surface area contributed by atoms with Crippen molar-refractivity contribution in [3.8, 4) is 0 Å². The molecule has 1 aromatic rings. The molecule has 0 fully saturated rings. The second kappa shape index (κ2) is 23.9. The third-order valence-corrected chi connectivity index (χ3v) is 7.26. The monoisotopic (exact) mass is 482 g/mol. The Hall–Kier alpha value is -0.200. The summed E-state index contributed by atoms with van der Waals surface area (Å²) in [7, 11) is 0. The summed E-state index contributed by atoms with van der Waals surface area (Å²) in [5.41, 5.74) is 3.05. The number of hydrogen-bond acceptors (Lipinski definition) is 0. The molecule has 0 saturated carbocycles. The number of hydrogen-bond donors (Lipinski definition) is 0. The molecule has 0 unspecified atom stereocenters. The summed E-state index contributed by atoms with van der Waals surface area (Å²) < 4.78 is 0. The number of benzene rings is 1. The van der Waals surface area contributed by atoms with Crippen molar-refractivity contribution in [3.05, 3.63) is 35.4 Å². The molecule has 1 rings (SSSR count). The quantitative estimate of drug-likeness (QED) is 0.101. The number of unbranched alkanes of at least 4 members (excludes halogenated alkanes) is 18. The fourth-order valence-corrected chi connectivity index (χ4v) is 4.93. The maximum absolute atomic E-state index is 5.72. The lowest BCUT2D eigenvalue weighted by Gasteiger charge is -2.06. The third kappa shape index (κ3) is 19.3. The normalized spacial score (nSPS) is 11.3. The van der Waals surface area contributed by atoms with Crippen molar-refractivity contribution in [1.82, 2.24) is 0 Å². The Kier molecular flexibility index (Phi) is 22.3. The fourth-order valence-electron chi connectivity index (χ4n) is 4.55. The molecule has 0 saturated heterocycles. The molecule has 0 N–H and O–H groups in total. The Morgan fingerprint density at radius 3 is 0.781 bits per heavy atom. The van der Waals surface area contributed by atoms with E-state index in [1.54, 1.807) is 0 Å². The van der Waals surface area contributed by atoms with Crippen LogP contribution in [0, 0.1) is 0 Å². The van der Waals surface area contributed by atoms with Gasteiger partial charge in [0.05, 0.1) is 0 Å². The maximum Gasteiger partial charge on any atom is 0.0223 e. The van der Waals surface area contributed by atoms with Gasteiger partial charge >= 0.3 is 0 Å². The van der Waals surface area contributed by atoms with Crippen LogP contribution < -0.4 is 0 Å². The van der Waals surface area contributed by atoms with Gasteiger partial charge in [-0.3, -0.25) is 0 Å². The molecule has 0 amide bonds. The van der Waals surface area contributed by atoms with Crippen LogP contribution in [0.3, 0.4) is 0 Å². The minimum atomic E-state index is 0.833. The topological polar surface area (TPSA) is 0 Å². The van der Waals surface area contributed by atoms with Crippen LogP contribution in [0.25, 0.3) is 0 Å². The lowest BCUT2D eigenvalue weighted by Crippen LogP contribution is -1.90. The lowest BCUT2D eigenvalue weighted by molar-refractivity contribution is 0.556. The van der Waals surface area contributed by atoms with Gasteiger partial charge in [0.1, 0.15) is 0 Å². The van der Waals surface area contributed by atoms with E-state index < -0.39 is 0 Å². The van der Waals surface area contributed by atoms with Crippen LogP contribution in [0.4, 0.5) is 0 Å². The zero-order valence-electron chi connectivity index (χ0n) is 21.0. The molecule has 1 aromatic carbocycles. The SMILES string of the molecule is ClCCCCCCCCCCCCc1ccc(CCCCCCCCCCCCCl)cc1. The van der Waals surface area contributed by atoms with Crippen LogP contribution in [-0.4, -0.2) is 11.8 Å². The van der Waals surface area contributed by atoms with Crippen molar-refractivity contribution in [3.63, 3.8) is 0 Å². The van der Waals surface area contributed by atoms with E-state index >= 15 is 0 Å². The van der Waals surface area contributed by atoms with Crippen molar-refractivity contribution in [2.45, 2.75) is 141 Å². The molecule has 0 radical (unpaired) electrons. The molecular formula is C30H52Cl2. The average molecular weight is 484 g/mol. The van der Waals surface area contributed by atoms with Crippen LogP contribution in [0.2, 0.25) is 0 Å². The summed E-state index contributed by atoms with van der Waals surface area (Å²) in [6, 6.07) is 9.50. The molecule has 0 spiro atoms. The zero-order valence-corrected chi connectivity index (χ0v) is 22.5. The van der Waals surface area contributed by atoms with E-state index in [-0.39, 0.29) is 0 Å². The molecule has 0 heterocycles. The van der Waals surface area contributed by atoms with E-state index in [4.69, 9.17) is 23.2 Å². The van der Waals surface area contributed by atoms with Crippen LogP contribution in [-0.2, 0) is 12.8 Å². The first-order valence-electron chi connectivity index (χ1n) is 14.1. The second-order valence-electron chi connectivity index (χ2n) is 9.77. The van der Waals surface area contributed by atoms with Crippen molar-refractivity contribution >= 4 is 23.2 Å². The van der Waals surface area contributed by atoms with Crippen LogP contribution in [0.15, 0.2) is 24.3 Å². The zero-order chi connectivity index (χ0) is 23.0. The summed E-state index contributed by atoms with van der Waals surface area (Å²) in [4.78, 5) is 0. The van der Waals surface area contributed by atoms with Crippen LogP contribution >= 0.6 is 23.2 Å². The average Bonchev–Trinajstić information content (AvgIpc) is 2.82. The van der Waals surface area contributed by atoms with E-state index in [1.807, 2.05) is 0 Å². The van der Waals surface area contributed by atoms with Crippen molar-refractivity contribution in [2.24, 2.45) is 0 Å². The van der Waals surface area contributed by atoms with Gasteiger partial charge in [-0.15, -0.1) is 23.2 Å². The smallest absolute Gasteiger partial charge is 0.0223 e. The lowest BCUT2D eigenvalue weighted by atomic mass is 10.0. The Balaban J connectivity index is 1.89. The van der Waals surface area contributed by atoms with Crippen molar-refractivity contribution < 1.29 is 0 Å². The third-order valence-electron chi connectivity index (χ3n) is 6.72. The number of rotatable bonds is 24. The number of aryl methyl sites for hydroxylation is 2. The minimum absolute atomic E-state index is 0.833. The predicted octanol–water partition coefficient (Wildman–Crippen LogP) is 11.1. The van der Waals surface area contributed by atoms with Gasteiger partial charge in [-0.2, -0.15) is 0 Å². The van der Waals surface area contributed by atoms with E-state index in [0.29, 0.717) is 0 Å². The molecule has 186 valence electrons. The van der Waals surface area contributed by atoms with Gasteiger partial charge in [0.15, 0.2) is 0 Å². The standard InChI is InChI=1S/C30H52Cl2/c31-27-19-15-11-7-3-1-5-9-13-17-21-29-23-25-30(26-24-29)22-18-14-10-6-2-4-8-12-16-20-28-32/h23-26H,1-22,27-28H2. The minimum Gasteiger partial charge on any atom is -0.127 e. The summed E-state index contributed by atoms with van der Waals surface area (Å²) in [5.74, 6) is 1.67. The van der Waals surface area contributed by atoms with E-state index in [9.17, 15) is 0 Å². The highest BCUT2D eigenvalue weighted by Crippen LogP contribution is 2.15. The number of alkyl halides is 2. The highest BCUT2D eigenvalue weighted by Gasteiger charge is 1.98. The van der Waals surface area contributed by atoms with Crippen molar-refractivity contribution in [1.29, 1.82) is 0 Å². The van der Waals surface area contributed by atoms with Gasteiger partial charge in [-0.1, -0.05) is 127 Å². The molecule has 0 aliphatic heterocycles. The van der Waals surface area contributed by atoms with E-state index in [0.717, 1.165) is 11.8 Å². The number of halogens is 2. The molecule has 0 aliphatic rings. The van der Waals surface area contributed by atoms with Crippen molar-refractivity contribution in [2.75, 3.05) is 11.8 Å². The first-order valence-corrected chi connectivity index (χ1v) is 15.1. The highest BCUT2D eigenvalue weighted by atomic mass is 35.5. The van der Waals surface area contributed by atoms with E-state index in [2.05, 4.69) is 24.3 Å². The molecule has 0 aliphatic carbocycles. The summed E-state index contributed by atoms with van der Waals surface area (Å²) in [6.07, 6.45) is 29.9. The van der Waals surface area contributed by atoms with Gasteiger partial charge in [-0.25, -0.2) is 0 Å². The van der Waals surface area contributed by atoms with Gasteiger partial charge in [0.2, 0.25) is 0 Å².